The standard InChI is InChI=1S/C26H30N2O3/c1-17-12-18(2)26(19(3)13-17)21-6-5-7-22(16-21)28-25(29)15-20-8-9-23(31-11-10-27)24(14-20)30-4/h5-9,12-14,16H,10-11,15,27H2,1-4H3,(H,28,29). The predicted octanol–water partition coefficient (Wildman–Crippen LogP) is 4.81. The monoisotopic (exact) mass is 418 g/mol. The van der Waals surface area contributed by atoms with Crippen molar-refractivity contribution >= 4 is 11.6 Å². The molecule has 0 spiro atoms. The summed E-state index contributed by atoms with van der Waals surface area (Å²) >= 11 is 0. The zero-order valence-electron chi connectivity index (χ0n) is 18.6. The molecule has 0 unspecified atom stereocenters. The highest BCUT2D eigenvalue weighted by Crippen LogP contribution is 2.31. The van der Waals surface area contributed by atoms with Crippen LogP contribution >= 0.6 is 0 Å². The number of hydrogen-bond acceptors (Lipinski definition) is 4. The van der Waals surface area contributed by atoms with E-state index in [-0.39, 0.29) is 12.3 Å². The lowest BCUT2D eigenvalue weighted by Gasteiger charge is -2.14. The molecule has 5 nitrogen and oxygen atoms in total. The van der Waals surface area contributed by atoms with Gasteiger partial charge in [-0.05, 0) is 72.9 Å². The fraction of sp³-hybridized carbons (Fsp3) is 0.269. The predicted molar refractivity (Wildman–Crippen MR) is 126 cm³/mol. The first-order valence-electron chi connectivity index (χ1n) is 10.4. The van der Waals surface area contributed by atoms with Crippen molar-refractivity contribution in [2.75, 3.05) is 25.6 Å². The maximum absolute atomic E-state index is 12.7. The summed E-state index contributed by atoms with van der Waals surface area (Å²) in [5.41, 5.74) is 13.1. The van der Waals surface area contributed by atoms with Crippen molar-refractivity contribution in [3.63, 3.8) is 0 Å². The van der Waals surface area contributed by atoms with Crippen LogP contribution in [0.5, 0.6) is 11.5 Å². The second-order valence-electron chi connectivity index (χ2n) is 7.70. The number of hydrogen-bond donors (Lipinski definition) is 2. The molecule has 3 aromatic rings. The van der Waals surface area contributed by atoms with Crippen molar-refractivity contribution in [2.24, 2.45) is 5.73 Å². The minimum absolute atomic E-state index is 0.0906. The van der Waals surface area contributed by atoms with Crippen LogP contribution in [-0.4, -0.2) is 26.2 Å². The summed E-state index contributed by atoms with van der Waals surface area (Å²) in [4.78, 5) is 12.7. The van der Waals surface area contributed by atoms with Crippen LogP contribution in [0.25, 0.3) is 11.1 Å². The number of aryl methyl sites for hydroxylation is 3. The van der Waals surface area contributed by atoms with E-state index in [1.165, 1.54) is 22.3 Å². The van der Waals surface area contributed by atoms with Crippen molar-refractivity contribution < 1.29 is 14.3 Å². The first-order chi connectivity index (χ1) is 14.9. The van der Waals surface area contributed by atoms with Crippen molar-refractivity contribution in [1.29, 1.82) is 0 Å². The molecule has 0 atom stereocenters. The molecule has 0 bridgehead atoms. The Kier molecular flexibility index (Phi) is 7.32. The van der Waals surface area contributed by atoms with Gasteiger partial charge < -0.3 is 20.5 Å². The van der Waals surface area contributed by atoms with Gasteiger partial charge in [0.1, 0.15) is 6.61 Å². The molecule has 0 aliphatic rings. The Labute approximate surface area is 184 Å². The van der Waals surface area contributed by atoms with E-state index in [1.54, 1.807) is 13.2 Å². The van der Waals surface area contributed by atoms with E-state index < -0.39 is 0 Å². The number of ether oxygens (including phenoxy) is 2. The smallest absolute Gasteiger partial charge is 0.228 e. The Hall–Kier alpha value is -3.31. The largest absolute Gasteiger partial charge is 0.493 e. The molecule has 0 fully saturated rings. The van der Waals surface area contributed by atoms with Gasteiger partial charge >= 0.3 is 0 Å². The highest BCUT2D eigenvalue weighted by molar-refractivity contribution is 5.93. The Morgan fingerprint density at radius 3 is 2.39 bits per heavy atom. The minimum atomic E-state index is -0.0906. The number of nitrogens with two attached hydrogens (primary N) is 1. The quantitative estimate of drug-likeness (QED) is 0.551. The van der Waals surface area contributed by atoms with Gasteiger partial charge in [-0.3, -0.25) is 4.79 Å². The second-order valence-corrected chi connectivity index (χ2v) is 7.70. The number of benzene rings is 3. The van der Waals surface area contributed by atoms with Crippen molar-refractivity contribution in [1.82, 2.24) is 0 Å². The summed E-state index contributed by atoms with van der Waals surface area (Å²) in [6.07, 6.45) is 0.236. The summed E-state index contributed by atoms with van der Waals surface area (Å²) in [6, 6.07) is 17.8. The maximum Gasteiger partial charge on any atom is 0.228 e. The molecule has 3 rings (SSSR count). The van der Waals surface area contributed by atoms with E-state index in [1.807, 2.05) is 30.3 Å². The first-order valence-corrected chi connectivity index (χ1v) is 10.4. The van der Waals surface area contributed by atoms with Gasteiger partial charge in [0.2, 0.25) is 5.91 Å². The lowest BCUT2D eigenvalue weighted by Crippen LogP contribution is -2.15. The number of nitrogens with one attached hydrogen (secondary N) is 1. The number of amides is 1. The van der Waals surface area contributed by atoms with E-state index in [9.17, 15) is 4.79 Å². The van der Waals surface area contributed by atoms with Gasteiger partial charge in [0.25, 0.3) is 0 Å². The summed E-state index contributed by atoms with van der Waals surface area (Å²) in [7, 11) is 1.58. The molecule has 0 aliphatic heterocycles. The first kappa shape index (κ1) is 22.4. The van der Waals surface area contributed by atoms with Crippen molar-refractivity contribution in [3.05, 3.63) is 76.9 Å². The zero-order valence-corrected chi connectivity index (χ0v) is 18.6. The van der Waals surface area contributed by atoms with Crippen LogP contribution in [0.2, 0.25) is 0 Å². The molecule has 3 aromatic carbocycles. The third-order valence-electron chi connectivity index (χ3n) is 5.08. The van der Waals surface area contributed by atoms with Gasteiger partial charge in [-0.25, -0.2) is 0 Å². The van der Waals surface area contributed by atoms with Crippen molar-refractivity contribution in [2.45, 2.75) is 27.2 Å². The fourth-order valence-electron chi connectivity index (χ4n) is 3.89. The third-order valence-corrected chi connectivity index (χ3v) is 5.08. The molecule has 0 aliphatic carbocycles. The molecule has 0 saturated carbocycles. The fourth-order valence-corrected chi connectivity index (χ4v) is 3.89. The normalized spacial score (nSPS) is 10.6. The molecule has 0 radical (unpaired) electrons. The van der Waals surface area contributed by atoms with E-state index in [0.29, 0.717) is 24.7 Å². The van der Waals surface area contributed by atoms with Crippen LogP contribution in [-0.2, 0) is 11.2 Å². The Balaban J connectivity index is 1.74. The Morgan fingerprint density at radius 1 is 0.968 bits per heavy atom. The van der Waals surface area contributed by atoms with Gasteiger partial charge in [0.15, 0.2) is 11.5 Å². The summed E-state index contributed by atoms with van der Waals surface area (Å²) in [6.45, 7) is 7.18. The van der Waals surface area contributed by atoms with E-state index in [4.69, 9.17) is 15.2 Å². The van der Waals surface area contributed by atoms with E-state index >= 15 is 0 Å². The molecule has 3 N–H and O–H groups in total. The molecule has 5 heteroatoms. The molecular formula is C26H30N2O3. The van der Waals surface area contributed by atoms with Crippen LogP contribution in [0.15, 0.2) is 54.6 Å². The summed E-state index contributed by atoms with van der Waals surface area (Å²) < 4.78 is 10.9. The SMILES string of the molecule is COc1cc(CC(=O)Nc2cccc(-c3c(C)cc(C)cc3C)c2)ccc1OCCN. The van der Waals surface area contributed by atoms with Crippen LogP contribution in [0.1, 0.15) is 22.3 Å². The van der Waals surface area contributed by atoms with Crippen LogP contribution in [0, 0.1) is 20.8 Å². The van der Waals surface area contributed by atoms with Gasteiger partial charge in [0, 0.05) is 12.2 Å². The average molecular weight is 419 g/mol. The number of anilines is 1. The average Bonchev–Trinajstić information content (AvgIpc) is 2.72. The summed E-state index contributed by atoms with van der Waals surface area (Å²) in [5, 5.41) is 3.01. The molecule has 162 valence electrons. The van der Waals surface area contributed by atoms with Crippen LogP contribution < -0.4 is 20.5 Å². The molecular weight excluding hydrogens is 388 g/mol. The van der Waals surface area contributed by atoms with Gasteiger partial charge in [0.05, 0.1) is 13.5 Å². The minimum Gasteiger partial charge on any atom is -0.493 e. The molecule has 31 heavy (non-hydrogen) atoms. The van der Waals surface area contributed by atoms with Gasteiger partial charge in [-0.15, -0.1) is 0 Å². The Bertz CT molecular complexity index is 1050. The number of carbonyl (C=O) groups is 1. The highest BCUT2D eigenvalue weighted by Gasteiger charge is 2.11. The second kappa shape index (κ2) is 10.1. The Morgan fingerprint density at radius 2 is 1.71 bits per heavy atom. The highest BCUT2D eigenvalue weighted by atomic mass is 16.5. The third kappa shape index (κ3) is 5.64. The van der Waals surface area contributed by atoms with Gasteiger partial charge in [-0.2, -0.15) is 0 Å². The van der Waals surface area contributed by atoms with E-state index in [2.05, 4.69) is 44.3 Å². The maximum atomic E-state index is 12.7. The van der Waals surface area contributed by atoms with E-state index in [0.717, 1.165) is 16.8 Å². The lowest BCUT2D eigenvalue weighted by atomic mass is 9.93. The van der Waals surface area contributed by atoms with Crippen LogP contribution in [0.3, 0.4) is 0 Å². The van der Waals surface area contributed by atoms with Crippen molar-refractivity contribution in [3.8, 4) is 22.6 Å². The number of rotatable bonds is 8. The number of carbonyl (C=O) groups excluding carboxylic acids is 1. The molecule has 1 amide bonds. The molecule has 0 saturated heterocycles. The summed E-state index contributed by atoms with van der Waals surface area (Å²) in [5.74, 6) is 1.12. The lowest BCUT2D eigenvalue weighted by molar-refractivity contribution is -0.115. The number of methoxy groups -OCH3 is 1. The molecule has 0 aromatic heterocycles. The zero-order chi connectivity index (χ0) is 22.4. The topological polar surface area (TPSA) is 73.6 Å². The molecule has 0 heterocycles. The van der Waals surface area contributed by atoms with Crippen LogP contribution in [0.4, 0.5) is 5.69 Å². The van der Waals surface area contributed by atoms with Gasteiger partial charge in [-0.1, -0.05) is 35.9 Å².